The van der Waals surface area contributed by atoms with Crippen LogP contribution in [0.15, 0.2) is 48.5 Å². The smallest absolute Gasteiger partial charge is 0.242 e. The van der Waals surface area contributed by atoms with Crippen LogP contribution in [0.4, 0.5) is 4.39 Å². The van der Waals surface area contributed by atoms with Crippen molar-refractivity contribution in [2.75, 3.05) is 26.7 Å². The third kappa shape index (κ3) is 7.33. The van der Waals surface area contributed by atoms with Crippen LogP contribution in [-0.4, -0.2) is 43.6 Å². The van der Waals surface area contributed by atoms with Crippen molar-refractivity contribution in [3.63, 3.8) is 0 Å². The molecular weight excluding hydrogens is 393 g/mol. The number of piperidine rings is 1. The van der Waals surface area contributed by atoms with Crippen molar-refractivity contribution in [3.8, 4) is 5.75 Å². The number of ether oxygens (including phenoxy) is 1. The van der Waals surface area contributed by atoms with Gasteiger partial charge in [-0.15, -0.1) is 0 Å². The fourth-order valence-electron chi connectivity index (χ4n) is 3.65. The van der Waals surface area contributed by atoms with Gasteiger partial charge in [0.05, 0.1) is 6.61 Å². The molecule has 1 atom stereocenters. The lowest BCUT2D eigenvalue weighted by Crippen LogP contribution is -2.46. The summed E-state index contributed by atoms with van der Waals surface area (Å²) in [5.41, 5.74) is 1.78. The fraction of sp³-hybridized carbons (Fsp3) is 0.480. The normalized spacial score (nSPS) is 16.3. The molecule has 0 saturated carbocycles. The van der Waals surface area contributed by atoms with E-state index in [0.29, 0.717) is 19.1 Å². The van der Waals surface area contributed by atoms with E-state index in [1.807, 2.05) is 24.3 Å². The predicted octanol–water partition coefficient (Wildman–Crippen LogP) is 3.90. The van der Waals surface area contributed by atoms with Gasteiger partial charge in [0.25, 0.3) is 0 Å². The summed E-state index contributed by atoms with van der Waals surface area (Å²) in [6, 6.07) is 13.7. The van der Waals surface area contributed by atoms with Crippen LogP contribution in [0.1, 0.15) is 43.9 Å². The number of amides is 1. The topological polar surface area (TPSA) is 53.6 Å². The number of benzene rings is 2. The molecule has 0 aliphatic carbocycles. The molecule has 0 spiro atoms. The highest BCUT2D eigenvalue weighted by Crippen LogP contribution is 2.19. The molecule has 2 aromatic rings. The van der Waals surface area contributed by atoms with Gasteiger partial charge in [-0.25, -0.2) is 4.39 Å². The maximum Gasteiger partial charge on any atom is 0.242 e. The van der Waals surface area contributed by atoms with E-state index in [9.17, 15) is 9.18 Å². The van der Waals surface area contributed by atoms with Crippen molar-refractivity contribution in [3.05, 3.63) is 65.5 Å². The molecule has 1 aliphatic rings. The molecule has 6 heteroatoms. The molecule has 3 rings (SSSR count). The molecule has 1 heterocycles. The van der Waals surface area contributed by atoms with E-state index in [4.69, 9.17) is 4.74 Å². The first-order valence-corrected chi connectivity index (χ1v) is 11.1. The minimum atomic E-state index is -0.511. The summed E-state index contributed by atoms with van der Waals surface area (Å²) < 4.78 is 19.1. The molecule has 5 nitrogen and oxygen atoms in total. The van der Waals surface area contributed by atoms with Gasteiger partial charge in [0, 0.05) is 12.6 Å². The maximum atomic E-state index is 13.4. The van der Waals surface area contributed by atoms with Crippen molar-refractivity contribution in [1.82, 2.24) is 15.5 Å². The highest BCUT2D eigenvalue weighted by Gasteiger charge is 2.26. The zero-order valence-electron chi connectivity index (χ0n) is 18.7. The molecule has 2 aromatic carbocycles. The van der Waals surface area contributed by atoms with E-state index in [0.717, 1.165) is 42.8 Å². The second kappa shape index (κ2) is 11.3. The maximum absolute atomic E-state index is 13.4. The number of rotatable bonds is 9. The van der Waals surface area contributed by atoms with Gasteiger partial charge in [0.2, 0.25) is 5.91 Å². The number of carbonyl (C=O) groups is 1. The molecular formula is C25H34FN3O2. The van der Waals surface area contributed by atoms with E-state index in [2.05, 4.69) is 36.4 Å². The molecule has 1 aliphatic heterocycles. The van der Waals surface area contributed by atoms with E-state index in [1.165, 1.54) is 12.1 Å². The van der Waals surface area contributed by atoms with Crippen molar-refractivity contribution in [2.24, 2.45) is 5.92 Å². The first-order valence-electron chi connectivity index (χ1n) is 11.1. The van der Waals surface area contributed by atoms with Gasteiger partial charge in [-0.05, 0) is 74.3 Å². The Bertz CT molecular complexity index is 816. The third-order valence-electron chi connectivity index (χ3n) is 5.56. The Labute approximate surface area is 185 Å². The first kappa shape index (κ1) is 23.2. The predicted molar refractivity (Wildman–Crippen MR) is 121 cm³/mol. The molecule has 31 heavy (non-hydrogen) atoms. The van der Waals surface area contributed by atoms with E-state index >= 15 is 0 Å². The van der Waals surface area contributed by atoms with E-state index in [1.54, 1.807) is 12.1 Å². The Hall–Kier alpha value is -2.44. The summed E-state index contributed by atoms with van der Waals surface area (Å²) in [5.74, 6) is 0.893. The van der Waals surface area contributed by atoms with Crippen molar-refractivity contribution >= 4 is 5.91 Å². The van der Waals surface area contributed by atoms with E-state index < -0.39 is 6.04 Å². The number of carbonyl (C=O) groups excluding carboxylic acids is 1. The minimum Gasteiger partial charge on any atom is -0.493 e. The Balaban J connectivity index is 1.61. The number of hydrogen-bond acceptors (Lipinski definition) is 4. The molecule has 0 aromatic heterocycles. The van der Waals surface area contributed by atoms with Gasteiger partial charge in [0.15, 0.2) is 0 Å². The molecule has 0 bridgehead atoms. The summed E-state index contributed by atoms with van der Waals surface area (Å²) in [6.45, 7) is 7.33. The number of hydrogen-bond donors (Lipinski definition) is 2. The zero-order valence-corrected chi connectivity index (χ0v) is 18.7. The minimum absolute atomic E-state index is 0.106. The number of halogens is 1. The summed E-state index contributed by atoms with van der Waals surface area (Å²) in [7, 11) is 2.11. The Kier molecular flexibility index (Phi) is 8.43. The summed E-state index contributed by atoms with van der Waals surface area (Å²) in [4.78, 5) is 15.4. The standard InChI is InChI=1S/C25H34FN3O2/c1-18(2)17-31-23-10-4-19(5-11-23)16-27-25(30)24(20-6-8-21(26)9-7-20)28-22-12-14-29(3)15-13-22/h4-11,18,22,24,28H,12-17H2,1-3H3,(H,27,30). The van der Waals surface area contributed by atoms with Crippen LogP contribution < -0.4 is 15.4 Å². The van der Waals surface area contributed by atoms with Gasteiger partial charge < -0.3 is 15.0 Å². The summed E-state index contributed by atoms with van der Waals surface area (Å²) in [6.07, 6.45) is 1.97. The number of nitrogens with zero attached hydrogens (tertiary/aromatic N) is 1. The number of nitrogens with one attached hydrogen (secondary N) is 2. The lowest BCUT2D eigenvalue weighted by Gasteiger charge is -2.32. The molecule has 2 N–H and O–H groups in total. The molecule has 1 amide bonds. The molecule has 1 unspecified atom stereocenters. The largest absolute Gasteiger partial charge is 0.493 e. The quantitative estimate of drug-likeness (QED) is 0.637. The van der Waals surface area contributed by atoms with Crippen molar-refractivity contribution < 1.29 is 13.9 Å². The second-order valence-corrected chi connectivity index (χ2v) is 8.80. The van der Waals surface area contributed by atoms with Gasteiger partial charge in [0.1, 0.15) is 17.6 Å². The average molecular weight is 428 g/mol. The summed E-state index contributed by atoms with van der Waals surface area (Å²) >= 11 is 0. The van der Waals surface area contributed by atoms with Gasteiger partial charge in [-0.2, -0.15) is 0 Å². The highest BCUT2D eigenvalue weighted by atomic mass is 19.1. The summed E-state index contributed by atoms with van der Waals surface area (Å²) in [5, 5.41) is 6.54. The SMILES string of the molecule is CC(C)COc1ccc(CNC(=O)C(NC2CCN(C)CC2)c2ccc(F)cc2)cc1. The Morgan fingerprint density at radius 2 is 1.74 bits per heavy atom. The van der Waals surface area contributed by atoms with Crippen LogP contribution in [-0.2, 0) is 11.3 Å². The lowest BCUT2D eigenvalue weighted by molar-refractivity contribution is -0.123. The molecule has 1 fully saturated rings. The second-order valence-electron chi connectivity index (χ2n) is 8.80. The molecule has 0 radical (unpaired) electrons. The van der Waals surface area contributed by atoms with Gasteiger partial charge in [-0.1, -0.05) is 38.1 Å². The zero-order chi connectivity index (χ0) is 22.2. The van der Waals surface area contributed by atoms with Crippen LogP contribution in [0.5, 0.6) is 5.75 Å². The van der Waals surface area contributed by atoms with Crippen molar-refractivity contribution in [1.29, 1.82) is 0 Å². The molecule has 168 valence electrons. The Morgan fingerprint density at radius 1 is 1.10 bits per heavy atom. The monoisotopic (exact) mass is 427 g/mol. The van der Waals surface area contributed by atoms with E-state index in [-0.39, 0.29) is 17.8 Å². The first-order chi connectivity index (χ1) is 14.9. The van der Waals surface area contributed by atoms with Crippen LogP contribution in [0.3, 0.4) is 0 Å². The van der Waals surface area contributed by atoms with Crippen LogP contribution >= 0.6 is 0 Å². The van der Waals surface area contributed by atoms with Gasteiger partial charge in [-0.3, -0.25) is 10.1 Å². The average Bonchev–Trinajstić information content (AvgIpc) is 2.77. The molecule has 1 saturated heterocycles. The Morgan fingerprint density at radius 3 is 2.35 bits per heavy atom. The van der Waals surface area contributed by atoms with Crippen LogP contribution in [0, 0.1) is 11.7 Å². The third-order valence-corrected chi connectivity index (χ3v) is 5.56. The highest BCUT2D eigenvalue weighted by molar-refractivity contribution is 5.83. The fourth-order valence-corrected chi connectivity index (χ4v) is 3.65. The lowest BCUT2D eigenvalue weighted by atomic mass is 10.00. The van der Waals surface area contributed by atoms with Crippen LogP contribution in [0.2, 0.25) is 0 Å². The van der Waals surface area contributed by atoms with Gasteiger partial charge >= 0.3 is 0 Å². The van der Waals surface area contributed by atoms with Crippen molar-refractivity contribution in [2.45, 2.75) is 45.3 Å². The number of likely N-dealkylation sites (tertiary alicyclic amines) is 1. The van der Waals surface area contributed by atoms with Crippen LogP contribution in [0.25, 0.3) is 0 Å².